The minimum atomic E-state index is -1.07. The molecule has 1 aliphatic heterocycles. The van der Waals surface area contributed by atoms with Gasteiger partial charge in [0.05, 0.1) is 13.2 Å². The van der Waals surface area contributed by atoms with Gasteiger partial charge in [-0.3, -0.25) is 9.59 Å². The van der Waals surface area contributed by atoms with Gasteiger partial charge in [0, 0.05) is 33.5 Å². The van der Waals surface area contributed by atoms with Crippen LogP contribution in [0.3, 0.4) is 0 Å². The number of ether oxygens (including phenoxy) is 1. The summed E-state index contributed by atoms with van der Waals surface area (Å²) in [7, 11) is 3.47. The largest absolute Gasteiger partial charge is 0.361 e. The maximum absolute atomic E-state index is 13.2. The molecule has 0 spiro atoms. The molecule has 1 aliphatic rings. The van der Waals surface area contributed by atoms with Gasteiger partial charge in [0.15, 0.2) is 5.60 Å². The van der Waals surface area contributed by atoms with Crippen molar-refractivity contribution >= 4 is 11.8 Å². The van der Waals surface area contributed by atoms with Crippen molar-refractivity contribution in [2.45, 2.75) is 25.4 Å². The molecular weight excluding hydrogens is 352 g/mol. The van der Waals surface area contributed by atoms with Crippen LogP contribution in [0.5, 0.6) is 0 Å². The molecular formula is C23H28N2O3. The van der Waals surface area contributed by atoms with E-state index in [1.165, 1.54) is 0 Å². The third kappa shape index (κ3) is 4.09. The van der Waals surface area contributed by atoms with Crippen molar-refractivity contribution in [3.63, 3.8) is 0 Å². The van der Waals surface area contributed by atoms with E-state index in [0.29, 0.717) is 26.0 Å². The van der Waals surface area contributed by atoms with Crippen molar-refractivity contribution in [1.82, 2.24) is 9.80 Å². The molecule has 148 valence electrons. The Morgan fingerprint density at radius 1 is 1.07 bits per heavy atom. The molecule has 1 heterocycles. The molecule has 0 aliphatic carbocycles. The average molecular weight is 380 g/mol. The number of amides is 2. The minimum absolute atomic E-state index is 0.0515. The maximum Gasteiger partial charge on any atom is 0.256 e. The maximum atomic E-state index is 13.2. The Kier molecular flexibility index (Phi) is 6.15. The zero-order chi connectivity index (χ0) is 20.1. The summed E-state index contributed by atoms with van der Waals surface area (Å²) in [6.07, 6.45) is 0.843. The number of hydrogen-bond acceptors (Lipinski definition) is 3. The highest BCUT2D eigenvalue weighted by molar-refractivity contribution is 5.87. The zero-order valence-corrected chi connectivity index (χ0v) is 16.9. The first kappa shape index (κ1) is 20.1. The molecule has 5 nitrogen and oxygen atoms in total. The van der Waals surface area contributed by atoms with Crippen LogP contribution < -0.4 is 0 Å². The number of carbonyl (C=O) groups excluding carboxylic acids is 2. The molecule has 1 atom stereocenters. The standard InChI is InChI=1S/C23H28N2O3/c1-4-21(26)25-14-15-28-23(17-25,22(27)24(2)3)16-19-12-8-9-13-20(19)18-10-6-5-7-11-18/h5-13H,4,14-17H2,1-3H3. The summed E-state index contributed by atoms with van der Waals surface area (Å²) >= 11 is 0. The topological polar surface area (TPSA) is 49.9 Å². The summed E-state index contributed by atoms with van der Waals surface area (Å²) in [6.45, 7) is 3.01. The zero-order valence-electron chi connectivity index (χ0n) is 16.9. The number of nitrogens with zero attached hydrogens (tertiary/aromatic N) is 2. The number of morpholine rings is 1. The summed E-state index contributed by atoms with van der Waals surface area (Å²) < 4.78 is 6.12. The molecule has 2 aromatic rings. The Hall–Kier alpha value is -2.66. The van der Waals surface area contributed by atoms with Crippen molar-refractivity contribution in [2.75, 3.05) is 33.8 Å². The lowest BCUT2D eigenvalue weighted by molar-refractivity contribution is -0.172. The van der Waals surface area contributed by atoms with Gasteiger partial charge in [-0.25, -0.2) is 0 Å². The lowest BCUT2D eigenvalue weighted by Crippen LogP contribution is -2.61. The van der Waals surface area contributed by atoms with Gasteiger partial charge in [-0.15, -0.1) is 0 Å². The molecule has 2 amide bonds. The lowest BCUT2D eigenvalue weighted by Gasteiger charge is -2.43. The lowest BCUT2D eigenvalue weighted by atomic mass is 9.87. The van der Waals surface area contributed by atoms with Crippen LogP contribution in [0.4, 0.5) is 0 Å². The summed E-state index contributed by atoms with van der Waals surface area (Å²) in [6, 6.07) is 18.2. The number of rotatable bonds is 5. The van der Waals surface area contributed by atoms with Gasteiger partial charge in [-0.1, -0.05) is 61.5 Å². The van der Waals surface area contributed by atoms with E-state index in [2.05, 4.69) is 18.2 Å². The number of carbonyl (C=O) groups is 2. The highest BCUT2D eigenvalue weighted by Gasteiger charge is 2.46. The monoisotopic (exact) mass is 380 g/mol. The van der Waals surface area contributed by atoms with Crippen molar-refractivity contribution in [3.05, 3.63) is 60.2 Å². The van der Waals surface area contributed by atoms with Gasteiger partial charge in [-0.05, 0) is 16.7 Å². The van der Waals surface area contributed by atoms with Crippen molar-refractivity contribution in [2.24, 2.45) is 0 Å². The molecule has 0 radical (unpaired) electrons. The molecule has 1 fully saturated rings. The Balaban J connectivity index is 2.00. The number of hydrogen-bond donors (Lipinski definition) is 0. The molecule has 3 rings (SSSR count). The van der Waals surface area contributed by atoms with Gasteiger partial charge < -0.3 is 14.5 Å². The van der Waals surface area contributed by atoms with Crippen LogP contribution in [0.25, 0.3) is 11.1 Å². The van der Waals surface area contributed by atoms with Crippen molar-refractivity contribution in [1.29, 1.82) is 0 Å². The smallest absolute Gasteiger partial charge is 0.256 e. The van der Waals surface area contributed by atoms with E-state index in [-0.39, 0.29) is 18.4 Å². The molecule has 2 aromatic carbocycles. The summed E-state index contributed by atoms with van der Waals surface area (Å²) in [5.41, 5.74) is 2.14. The van der Waals surface area contributed by atoms with Gasteiger partial charge in [0.25, 0.3) is 5.91 Å². The predicted octanol–water partition coefficient (Wildman–Crippen LogP) is 2.99. The first-order valence-corrected chi connectivity index (χ1v) is 9.73. The van der Waals surface area contributed by atoms with Gasteiger partial charge in [0.2, 0.25) is 5.91 Å². The van der Waals surface area contributed by atoms with E-state index in [4.69, 9.17) is 4.74 Å². The fraction of sp³-hybridized carbons (Fsp3) is 0.391. The molecule has 1 unspecified atom stereocenters. The van der Waals surface area contributed by atoms with Crippen LogP contribution in [0.1, 0.15) is 18.9 Å². The van der Waals surface area contributed by atoms with Gasteiger partial charge in [0.1, 0.15) is 0 Å². The van der Waals surface area contributed by atoms with E-state index in [9.17, 15) is 9.59 Å². The molecule has 0 bridgehead atoms. The molecule has 0 aromatic heterocycles. The molecule has 5 heteroatoms. The highest BCUT2D eigenvalue weighted by Crippen LogP contribution is 2.31. The second-order valence-electron chi connectivity index (χ2n) is 7.41. The van der Waals surface area contributed by atoms with Crippen LogP contribution in [-0.4, -0.2) is 61.0 Å². The van der Waals surface area contributed by atoms with E-state index in [1.807, 2.05) is 43.3 Å². The van der Waals surface area contributed by atoms with Crippen molar-refractivity contribution < 1.29 is 14.3 Å². The first-order chi connectivity index (χ1) is 13.5. The van der Waals surface area contributed by atoms with Crippen molar-refractivity contribution in [3.8, 4) is 11.1 Å². The van der Waals surface area contributed by atoms with E-state index >= 15 is 0 Å². The number of likely N-dealkylation sites (N-methyl/N-ethyl adjacent to an activating group) is 1. The SMILES string of the molecule is CCC(=O)N1CCOC(Cc2ccccc2-c2ccccc2)(C(=O)N(C)C)C1. The van der Waals surface area contributed by atoms with Crippen LogP contribution >= 0.6 is 0 Å². The van der Waals surface area contributed by atoms with Crippen LogP contribution in [-0.2, 0) is 20.7 Å². The average Bonchev–Trinajstić information content (AvgIpc) is 2.73. The molecule has 0 N–H and O–H groups in total. The Morgan fingerprint density at radius 2 is 1.75 bits per heavy atom. The summed E-state index contributed by atoms with van der Waals surface area (Å²) in [5.74, 6) is -0.0560. The predicted molar refractivity (Wildman–Crippen MR) is 110 cm³/mol. The fourth-order valence-electron chi connectivity index (χ4n) is 3.82. The van der Waals surface area contributed by atoms with Crippen LogP contribution in [0, 0.1) is 0 Å². The van der Waals surface area contributed by atoms with Crippen LogP contribution in [0.15, 0.2) is 54.6 Å². The molecule has 0 saturated carbocycles. The minimum Gasteiger partial charge on any atom is -0.361 e. The van der Waals surface area contributed by atoms with E-state index in [0.717, 1.165) is 16.7 Å². The highest BCUT2D eigenvalue weighted by atomic mass is 16.5. The normalized spacial score (nSPS) is 19.3. The second kappa shape index (κ2) is 8.57. The fourth-order valence-corrected chi connectivity index (χ4v) is 3.82. The Bertz CT molecular complexity index is 835. The van der Waals surface area contributed by atoms with E-state index in [1.54, 1.807) is 23.9 Å². The quantitative estimate of drug-likeness (QED) is 0.801. The van der Waals surface area contributed by atoms with Gasteiger partial charge >= 0.3 is 0 Å². The second-order valence-corrected chi connectivity index (χ2v) is 7.41. The Labute approximate surface area is 166 Å². The summed E-state index contributed by atoms with van der Waals surface area (Å²) in [4.78, 5) is 28.8. The third-order valence-corrected chi connectivity index (χ3v) is 5.22. The number of benzene rings is 2. The Morgan fingerprint density at radius 3 is 2.43 bits per heavy atom. The van der Waals surface area contributed by atoms with Crippen LogP contribution in [0.2, 0.25) is 0 Å². The molecule has 28 heavy (non-hydrogen) atoms. The summed E-state index contributed by atoms with van der Waals surface area (Å²) in [5, 5.41) is 0. The van der Waals surface area contributed by atoms with E-state index < -0.39 is 5.60 Å². The molecule has 1 saturated heterocycles. The van der Waals surface area contributed by atoms with Gasteiger partial charge in [-0.2, -0.15) is 0 Å². The first-order valence-electron chi connectivity index (χ1n) is 9.73. The third-order valence-electron chi connectivity index (χ3n) is 5.22.